The molecule has 3 N–H and O–H groups in total. The lowest BCUT2D eigenvalue weighted by Gasteiger charge is -2.34. The van der Waals surface area contributed by atoms with Crippen LogP contribution in [0.1, 0.15) is 25.7 Å². The van der Waals surface area contributed by atoms with Crippen LogP contribution in [0.4, 0.5) is 0 Å². The summed E-state index contributed by atoms with van der Waals surface area (Å²) in [6.45, 7) is 0. The van der Waals surface area contributed by atoms with Crippen LogP contribution >= 0.6 is 23.4 Å². The molecule has 0 saturated heterocycles. The highest BCUT2D eigenvalue weighted by Gasteiger charge is 2.39. The highest BCUT2D eigenvalue weighted by molar-refractivity contribution is 8.00. The average molecular weight is 286 g/mol. The zero-order valence-corrected chi connectivity index (χ0v) is 11.5. The molecule has 0 aromatic heterocycles. The third kappa shape index (κ3) is 3.19. The van der Waals surface area contributed by atoms with E-state index in [-0.39, 0.29) is 5.25 Å². The highest BCUT2D eigenvalue weighted by atomic mass is 35.5. The molecule has 1 fully saturated rings. The molecular formula is C13H16ClNO2S. The van der Waals surface area contributed by atoms with Crippen LogP contribution < -0.4 is 5.73 Å². The van der Waals surface area contributed by atoms with Crippen molar-refractivity contribution in [2.45, 2.75) is 41.4 Å². The lowest BCUT2D eigenvalue weighted by atomic mass is 9.82. The Hall–Kier alpha value is -0.710. The van der Waals surface area contributed by atoms with Crippen LogP contribution in [0.5, 0.6) is 0 Å². The van der Waals surface area contributed by atoms with Crippen molar-refractivity contribution in [1.29, 1.82) is 0 Å². The number of aliphatic carboxylic acids is 1. The topological polar surface area (TPSA) is 63.3 Å². The van der Waals surface area contributed by atoms with Gasteiger partial charge in [-0.3, -0.25) is 4.79 Å². The summed E-state index contributed by atoms with van der Waals surface area (Å²) in [7, 11) is 0. The Labute approximate surface area is 116 Å². The number of carboxylic acid groups (broad SMARTS) is 1. The third-order valence-electron chi connectivity index (χ3n) is 3.27. The van der Waals surface area contributed by atoms with E-state index in [1.807, 2.05) is 24.3 Å². The van der Waals surface area contributed by atoms with E-state index < -0.39 is 11.5 Å². The summed E-state index contributed by atoms with van der Waals surface area (Å²) in [6.07, 6.45) is 2.94. The smallest absolute Gasteiger partial charge is 0.323 e. The minimum atomic E-state index is -1.06. The van der Waals surface area contributed by atoms with Crippen LogP contribution in [-0.4, -0.2) is 21.9 Å². The van der Waals surface area contributed by atoms with E-state index in [4.69, 9.17) is 17.3 Å². The summed E-state index contributed by atoms with van der Waals surface area (Å²) in [4.78, 5) is 12.2. The molecule has 0 bridgehead atoms. The average Bonchev–Trinajstić information content (AvgIpc) is 2.29. The molecule has 2 unspecified atom stereocenters. The summed E-state index contributed by atoms with van der Waals surface area (Å²) in [5.74, 6) is -0.890. The first-order chi connectivity index (χ1) is 8.49. The Bertz CT molecular complexity index is 454. The first-order valence-electron chi connectivity index (χ1n) is 5.94. The van der Waals surface area contributed by atoms with E-state index in [9.17, 15) is 9.90 Å². The number of rotatable bonds is 3. The number of carboxylic acids is 1. The molecular weight excluding hydrogens is 270 g/mol. The molecule has 98 valence electrons. The standard InChI is InChI=1S/C13H16ClNO2S/c14-9-3-1-4-10(7-9)18-11-5-2-6-13(15,8-11)12(16)17/h1,3-4,7,11H,2,5-6,8,15H2,(H,16,17). The molecule has 1 saturated carbocycles. The van der Waals surface area contributed by atoms with Gasteiger partial charge in [0.1, 0.15) is 5.54 Å². The fourth-order valence-corrected chi connectivity index (χ4v) is 3.94. The molecule has 0 spiro atoms. The molecule has 1 aromatic rings. The Balaban J connectivity index is 2.04. The predicted octanol–water partition coefficient (Wildman–Crippen LogP) is 3.16. The fourth-order valence-electron chi connectivity index (χ4n) is 2.28. The zero-order chi connectivity index (χ0) is 13.2. The predicted molar refractivity (Wildman–Crippen MR) is 74.1 cm³/mol. The maximum absolute atomic E-state index is 11.2. The molecule has 5 heteroatoms. The molecule has 2 rings (SSSR count). The van der Waals surface area contributed by atoms with Crippen molar-refractivity contribution in [3.05, 3.63) is 29.3 Å². The molecule has 0 amide bonds. The van der Waals surface area contributed by atoms with Crippen LogP contribution in [0, 0.1) is 0 Å². The molecule has 3 nitrogen and oxygen atoms in total. The van der Waals surface area contributed by atoms with E-state index in [2.05, 4.69) is 0 Å². The maximum Gasteiger partial charge on any atom is 0.323 e. The van der Waals surface area contributed by atoms with Crippen molar-refractivity contribution in [2.24, 2.45) is 5.73 Å². The van der Waals surface area contributed by atoms with Gasteiger partial charge < -0.3 is 10.8 Å². The third-order valence-corrected chi connectivity index (χ3v) is 4.76. The summed E-state index contributed by atoms with van der Waals surface area (Å²) in [5.41, 5.74) is 4.88. The number of hydrogen-bond donors (Lipinski definition) is 2. The van der Waals surface area contributed by atoms with Gasteiger partial charge in [0.2, 0.25) is 0 Å². The maximum atomic E-state index is 11.2. The summed E-state index contributed by atoms with van der Waals surface area (Å²) >= 11 is 7.61. The van der Waals surface area contributed by atoms with E-state index in [0.29, 0.717) is 17.9 Å². The summed E-state index contributed by atoms with van der Waals surface area (Å²) < 4.78 is 0. The van der Waals surface area contributed by atoms with Crippen LogP contribution in [0.25, 0.3) is 0 Å². The minimum Gasteiger partial charge on any atom is -0.480 e. The molecule has 0 aliphatic heterocycles. The Kier molecular flexibility index (Phi) is 4.20. The number of thioether (sulfide) groups is 1. The van der Waals surface area contributed by atoms with Gasteiger partial charge in [0.15, 0.2) is 0 Å². The molecule has 0 radical (unpaired) electrons. The van der Waals surface area contributed by atoms with Crippen LogP contribution in [-0.2, 0) is 4.79 Å². The number of carbonyl (C=O) groups is 1. The van der Waals surface area contributed by atoms with Crippen molar-refractivity contribution in [3.63, 3.8) is 0 Å². The van der Waals surface area contributed by atoms with Gasteiger partial charge in [0, 0.05) is 15.2 Å². The van der Waals surface area contributed by atoms with E-state index in [1.165, 1.54) is 0 Å². The second kappa shape index (κ2) is 5.51. The lowest BCUT2D eigenvalue weighted by molar-refractivity contribution is -0.144. The SMILES string of the molecule is NC1(C(=O)O)CCCC(Sc2cccc(Cl)c2)C1. The minimum absolute atomic E-state index is 0.248. The van der Waals surface area contributed by atoms with Gasteiger partial charge in [0.05, 0.1) is 0 Å². The van der Waals surface area contributed by atoms with Crippen LogP contribution in [0.2, 0.25) is 5.02 Å². The zero-order valence-electron chi connectivity index (χ0n) is 9.93. The van der Waals surface area contributed by atoms with E-state index in [0.717, 1.165) is 17.7 Å². The van der Waals surface area contributed by atoms with Gasteiger partial charge in [-0.1, -0.05) is 17.7 Å². The number of nitrogens with two attached hydrogens (primary N) is 1. The van der Waals surface area contributed by atoms with Crippen molar-refractivity contribution in [2.75, 3.05) is 0 Å². The van der Waals surface area contributed by atoms with Gasteiger partial charge in [-0.25, -0.2) is 0 Å². The molecule has 1 aromatic carbocycles. The first kappa shape index (κ1) is 13.7. The van der Waals surface area contributed by atoms with Gasteiger partial charge >= 0.3 is 5.97 Å². The normalized spacial score (nSPS) is 28.0. The quantitative estimate of drug-likeness (QED) is 0.895. The largest absolute Gasteiger partial charge is 0.480 e. The summed E-state index contributed by atoms with van der Waals surface area (Å²) in [5, 5.41) is 10.1. The Morgan fingerprint density at radius 1 is 1.56 bits per heavy atom. The number of benzene rings is 1. The fraction of sp³-hybridized carbons (Fsp3) is 0.462. The Morgan fingerprint density at radius 2 is 2.33 bits per heavy atom. The van der Waals surface area contributed by atoms with Crippen molar-refractivity contribution in [3.8, 4) is 0 Å². The van der Waals surface area contributed by atoms with Crippen molar-refractivity contribution < 1.29 is 9.90 Å². The lowest BCUT2D eigenvalue weighted by Crippen LogP contribution is -2.51. The molecule has 18 heavy (non-hydrogen) atoms. The first-order valence-corrected chi connectivity index (χ1v) is 7.20. The highest BCUT2D eigenvalue weighted by Crippen LogP contribution is 2.37. The van der Waals surface area contributed by atoms with E-state index in [1.54, 1.807) is 11.8 Å². The van der Waals surface area contributed by atoms with Crippen LogP contribution in [0.15, 0.2) is 29.2 Å². The van der Waals surface area contributed by atoms with Gasteiger partial charge in [-0.2, -0.15) is 0 Å². The van der Waals surface area contributed by atoms with Crippen molar-refractivity contribution >= 4 is 29.3 Å². The molecule has 1 aliphatic carbocycles. The summed E-state index contributed by atoms with van der Waals surface area (Å²) in [6, 6.07) is 7.63. The van der Waals surface area contributed by atoms with Crippen LogP contribution in [0.3, 0.4) is 0 Å². The second-order valence-electron chi connectivity index (χ2n) is 4.75. The number of hydrogen-bond acceptors (Lipinski definition) is 3. The Morgan fingerprint density at radius 3 is 3.00 bits per heavy atom. The molecule has 0 heterocycles. The van der Waals surface area contributed by atoms with Crippen molar-refractivity contribution in [1.82, 2.24) is 0 Å². The van der Waals surface area contributed by atoms with Gasteiger partial charge in [-0.05, 0) is 43.9 Å². The van der Waals surface area contributed by atoms with E-state index >= 15 is 0 Å². The number of halogens is 1. The van der Waals surface area contributed by atoms with Gasteiger partial charge in [-0.15, -0.1) is 11.8 Å². The molecule has 2 atom stereocenters. The van der Waals surface area contributed by atoms with Gasteiger partial charge in [0.25, 0.3) is 0 Å². The molecule has 1 aliphatic rings. The second-order valence-corrected chi connectivity index (χ2v) is 6.57. The monoisotopic (exact) mass is 285 g/mol.